The summed E-state index contributed by atoms with van der Waals surface area (Å²) in [5.41, 5.74) is 0.0155. The van der Waals surface area contributed by atoms with Gasteiger partial charge < -0.3 is 10.1 Å². The fourth-order valence-electron chi connectivity index (χ4n) is 2.53. The van der Waals surface area contributed by atoms with Gasteiger partial charge in [0.2, 0.25) is 0 Å². The van der Waals surface area contributed by atoms with Gasteiger partial charge in [0.05, 0.1) is 11.2 Å². The molecular weight excluding hydrogens is 186 g/mol. The van der Waals surface area contributed by atoms with Gasteiger partial charge in [-0.05, 0) is 47.1 Å². The van der Waals surface area contributed by atoms with Gasteiger partial charge in [-0.25, -0.2) is 0 Å². The highest BCUT2D eigenvalue weighted by atomic mass is 16.5. The molecule has 0 aromatic rings. The third kappa shape index (κ3) is 3.76. The highest BCUT2D eigenvalue weighted by Gasteiger charge is 2.45. The molecule has 0 radical (unpaired) electrons. The third-order valence-electron chi connectivity index (χ3n) is 3.25. The molecule has 0 aromatic carbocycles. The lowest BCUT2D eigenvalue weighted by atomic mass is 9.94. The average Bonchev–Trinajstić information content (AvgIpc) is 2.28. The van der Waals surface area contributed by atoms with E-state index < -0.39 is 0 Å². The van der Waals surface area contributed by atoms with E-state index in [-0.39, 0.29) is 11.2 Å². The molecule has 1 saturated heterocycles. The Morgan fingerprint density at radius 1 is 1.20 bits per heavy atom. The lowest BCUT2D eigenvalue weighted by molar-refractivity contribution is -0.0697. The highest BCUT2D eigenvalue weighted by molar-refractivity contribution is 4.98. The second-order valence-electron chi connectivity index (χ2n) is 5.88. The molecule has 1 heterocycles. The number of rotatable bonds is 5. The highest BCUT2D eigenvalue weighted by Crippen LogP contribution is 2.37. The van der Waals surface area contributed by atoms with E-state index in [9.17, 15) is 0 Å². The molecule has 1 aliphatic heterocycles. The van der Waals surface area contributed by atoms with Gasteiger partial charge in [-0.2, -0.15) is 0 Å². The Morgan fingerprint density at radius 2 is 1.87 bits per heavy atom. The van der Waals surface area contributed by atoms with Crippen molar-refractivity contribution >= 4 is 0 Å². The zero-order chi connectivity index (χ0) is 11.5. The second kappa shape index (κ2) is 4.84. The number of hydrogen-bond donors (Lipinski definition) is 1. The summed E-state index contributed by atoms with van der Waals surface area (Å²) in [5.74, 6) is 0. The molecule has 0 amide bonds. The fraction of sp³-hybridized carbons (Fsp3) is 1.00. The minimum atomic E-state index is -0.0181. The van der Waals surface area contributed by atoms with Crippen LogP contribution in [0, 0.1) is 0 Å². The molecule has 2 nitrogen and oxygen atoms in total. The average molecular weight is 213 g/mol. The van der Waals surface area contributed by atoms with Crippen molar-refractivity contribution in [2.24, 2.45) is 0 Å². The summed E-state index contributed by atoms with van der Waals surface area (Å²) < 4.78 is 6.04. The molecule has 0 saturated carbocycles. The Bertz CT molecular complexity index is 199. The Labute approximate surface area is 94.8 Å². The maximum absolute atomic E-state index is 6.04. The molecule has 90 valence electrons. The van der Waals surface area contributed by atoms with Crippen molar-refractivity contribution in [2.75, 3.05) is 6.54 Å². The molecule has 2 heteroatoms. The number of unbranched alkanes of at least 4 members (excludes halogenated alkanes) is 2. The molecular formula is C13H27NO. The maximum atomic E-state index is 6.04. The zero-order valence-electron chi connectivity index (χ0n) is 11.0. The molecule has 1 fully saturated rings. The van der Waals surface area contributed by atoms with Crippen molar-refractivity contribution < 1.29 is 4.74 Å². The van der Waals surface area contributed by atoms with Gasteiger partial charge in [0.1, 0.15) is 0 Å². The van der Waals surface area contributed by atoms with Crippen LogP contribution >= 0.6 is 0 Å². The Balaban J connectivity index is 2.35. The van der Waals surface area contributed by atoms with Crippen molar-refractivity contribution in [1.29, 1.82) is 0 Å². The standard InChI is InChI=1S/C13H27NO/c1-6-7-8-9-14-11-10-12(2,3)15-13(11,4)5/h11,14H,6-10H2,1-5H3. The van der Waals surface area contributed by atoms with Crippen molar-refractivity contribution in [3.63, 3.8) is 0 Å². The molecule has 1 aliphatic rings. The summed E-state index contributed by atoms with van der Waals surface area (Å²) in [6, 6.07) is 0.504. The van der Waals surface area contributed by atoms with Gasteiger partial charge in [-0.3, -0.25) is 0 Å². The third-order valence-corrected chi connectivity index (χ3v) is 3.25. The van der Waals surface area contributed by atoms with Gasteiger partial charge >= 0.3 is 0 Å². The van der Waals surface area contributed by atoms with Gasteiger partial charge in [0.15, 0.2) is 0 Å². The summed E-state index contributed by atoms with van der Waals surface area (Å²) in [6.45, 7) is 12.1. The van der Waals surface area contributed by atoms with Crippen LogP contribution in [0.2, 0.25) is 0 Å². The van der Waals surface area contributed by atoms with Crippen molar-refractivity contribution in [2.45, 2.75) is 77.5 Å². The Hall–Kier alpha value is -0.0800. The van der Waals surface area contributed by atoms with Crippen LogP contribution in [0.1, 0.15) is 60.3 Å². The number of nitrogens with one attached hydrogen (secondary N) is 1. The fourth-order valence-corrected chi connectivity index (χ4v) is 2.53. The topological polar surface area (TPSA) is 21.3 Å². The van der Waals surface area contributed by atoms with E-state index in [1.54, 1.807) is 0 Å². The first kappa shape index (κ1) is 13.0. The molecule has 0 aromatic heterocycles. The molecule has 1 N–H and O–H groups in total. The SMILES string of the molecule is CCCCCNC1CC(C)(C)OC1(C)C. The van der Waals surface area contributed by atoms with Gasteiger partial charge in [0, 0.05) is 6.04 Å². The van der Waals surface area contributed by atoms with Crippen LogP contribution in [-0.2, 0) is 4.74 Å². The quantitative estimate of drug-likeness (QED) is 0.709. The van der Waals surface area contributed by atoms with Gasteiger partial charge in [0.25, 0.3) is 0 Å². The Kier molecular flexibility index (Phi) is 4.19. The van der Waals surface area contributed by atoms with Crippen LogP contribution in [0.3, 0.4) is 0 Å². The smallest absolute Gasteiger partial charge is 0.0787 e. The van der Waals surface area contributed by atoms with Gasteiger partial charge in [-0.1, -0.05) is 19.8 Å². The number of ether oxygens (including phenoxy) is 1. The lowest BCUT2D eigenvalue weighted by Gasteiger charge is -2.27. The normalized spacial score (nSPS) is 28.2. The molecule has 15 heavy (non-hydrogen) atoms. The summed E-state index contributed by atoms with van der Waals surface area (Å²) in [7, 11) is 0. The van der Waals surface area contributed by atoms with Crippen LogP contribution in [0.5, 0.6) is 0 Å². The second-order valence-corrected chi connectivity index (χ2v) is 5.88. The van der Waals surface area contributed by atoms with E-state index in [2.05, 4.69) is 39.9 Å². The maximum Gasteiger partial charge on any atom is 0.0787 e. The first-order chi connectivity index (χ1) is 6.87. The van der Waals surface area contributed by atoms with E-state index in [0.29, 0.717) is 6.04 Å². The molecule has 1 unspecified atom stereocenters. The van der Waals surface area contributed by atoms with E-state index in [0.717, 1.165) is 13.0 Å². The van der Waals surface area contributed by atoms with E-state index in [4.69, 9.17) is 4.74 Å². The molecule has 1 rings (SSSR count). The summed E-state index contributed by atoms with van der Waals surface area (Å²) >= 11 is 0. The number of hydrogen-bond acceptors (Lipinski definition) is 2. The van der Waals surface area contributed by atoms with E-state index >= 15 is 0 Å². The predicted octanol–water partition coefficient (Wildman–Crippen LogP) is 3.11. The van der Waals surface area contributed by atoms with Crippen molar-refractivity contribution in [1.82, 2.24) is 5.32 Å². The molecule has 1 atom stereocenters. The van der Waals surface area contributed by atoms with E-state index in [1.807, 2.05) is 0 Å². The minimum Gasteiger partial charge on any atom is -0.368 e. The van der Waals surface area contributed by atoms with Crippen LogP contribution in [0.15, 0.2) is 0 Å². The van der Waals surface area contributed by atoms with Crippen LogP contribution < -0.4 is 5.32 Å². The first-order valence-corrected chi connectivity index (χ1v) is 6.31. The molecule has 0 spiro atoms. The summed E-state index contributed by atoms with van der Waals surface area (Å²) in [5, 5.41) is 3.64. The molecule has 0 aliphatic carbocycles. The first-order valence-electron chi connectivity index (χ1n) is 6.31. The predicted molar refractivity (Wildman–Crippen MR) is 65.2 cm³/mol. The van der Waals surface area contributed by atoms with Crippen LogP contribution in [0.25, 0.3) is 0 Å². The largest absolute Gasteiger partial charge is 0.368 e. The zero-order valence-corrected chi connectivity index (χ0v) is 11.0. The van der Waals surface area contributed by atoms with Crippen LogP contribution in [0.4, 0.5) is 0 Å². The van der Waals surface area contributed by atoms with Crippen molar-refractivity contribution in [3.8, 4) is 0 Å². The van der Waals surface area contributed by atoms with E-state index in [1.165, 1.54) is 19.3 Å². The van der Waals surface area contributed by atoms with Crippen molar-refractivity contribution in [3.05, 3.63) is 0 Å². The Morgan fingerprint density at radius 3 is 2.33 bits per heavy atom. The monoisotopic (exact) mass is 213 g/mol. The van der Waals surface area contributed by atoms with Crippen LogP contribution in [-0.4, -0.2) is 23.8 Å². The van der Waals surface area contributed by atoms with Gasteiger partial charge in [-0.15, -0.1) is 0 Å². The summed E-state index contributed by atoms with van der Waals surface area (Å²) in [4.78, 5) is 0. The lowest BCUT2D eigenvalue weighted by Crippen LogP contribution is -2.43. The molecule has 0 bridgehead atoms. The summed E-state index contributed by atoms with van der Waals surface area (Å²) in [6.07, 6.45) is 5.01. The minimum absolute atomic E-state index is 0.0181.